The van der Waals surface area contributed by atoms with Gasteiger partial charge in [-0.15, -0.1) is 0 Å². The van der Waals surface area contributed by atoms with Crippen LogP contribution in [0.2, 0.25) is 0 Å². The molecule has 112 valence electrons. The number of carbonyl (C=O) groups excluding carboxylic acids is 1. The number of hydrogen-bond donors (Lipinski definition) is 1. The number of anilines is 2. The summed E-state index contributed by atoms with van der Waals surface area (Å²) >= 11 is 1.21. The molecule has 2 rings (SSSR count). The van der Waals surface area contributed by atoms with Crippen LogP contribution in [0.25, 0.3) is 0 Å². The maximum absolute atomic E-state index is 12.4. The fourth-order valence-electron chi connectivity index (χ4n) is 2.07. The minimum atomic E-state index is -3.02. The summed E-state index contributed by atoms with van der Waals surface area (Å²) in [6.45, 7) is 0. The molecule has 1 aromatic rings. The molecule has 0 aromatic carbocycles. The first-order valence-electron chi connectivity index (χ1n) is 6.12. The molecule has 2 heterocycles. The Hall–Kier alpha value is -1.35. The molecule has 2 N–H and O–H groups in total. The SMILES string of the molecule is CN(C)c1nc(N)c(C(=O)N(C)C2CCS(=O)(=O)C2)s1. The van der Waals surface area contributed by atoms with Gasteiger partial charge >= 0.3 is 0 Å². The van der Waals surface area contributed by atoms with Gasteiger partial charge in [-0.3, -0.25) is 4.79 Å². The summed E-state index contributed by atoms with van der Waals surface area (Å²) in [5, 5.41) is 0.651. The zero-order chi connectivity index (χ0) is 15.1. The van der Waals surface area contributed by atoms with Gasteiger partial charge in [-0.1, -0.05) is 11.3 Å². The molecule has 1 aromatic heterocycles. The lowest BCUT2D eigenvalue weighted by Crippen LogP contribution is -2.37. The van der Waals surface area contributed by atoms with Gasteiger partial charge < -0.3 is 15.5 Å². The van der Waals surface area contributed by atoms with Crippen molar-refractivity contribution in [1.82, 2.24) is 9.88 Å². The summed E-state index contributed by atoms with van der Waals surface area (Å²) in [6.07, 6.45) is 0.476. The maximum atomic E-state index is 12.4. The van der Waals surface area contributed by atoms with Crippen molar-refractivity contribution in [2.75, 3.05) is 43.3 Å². The van der Waals surface area contributed by atoms with Gasteiger partial charge in [0.25, 0.3) is 5.91 Å². The highest BCUT2D eigenvalue weighted by molar-refractivity contribution is 7.91. The standard InChI is InChI=1S/C11H18N4O3S2/c1-14(2)11-13-9(12)8(19-11)10(16)15(3)7-4-5-20(17,18)6-7/h7H,4-6,12H2,1-3H3. The molecule has 1 saturated heterocycles. The lowest BCUT2D eigenvalue weighted by atomic mass is 10.2. The molecule has 9 heteroatoms. The number of amides is 1. The first kappa shape index (κ1) is 15.0. The smallest absolute Gasteiger partial charge is 0.267 e. The first-order valence-corrected chi connectivity index (χ1v) is 8.76. The van der Waals surface area contributed by atoms with E-state index in [1.54, 1.807) is 11.9 Å². The van der Waals surface area contributed by atoms with Gasteiger partial charge in [0.05, 0.1) is 11.5 Å². The van der Waals surface area contributed by atoms with Crippen molar-refractivity contribution >= 4 is 38.0 Å². The summed E-state index contributed by atoms with van der Waals surface area (Å²) in [5.74, 6) is 0.0804. The van der Waals surface area contributed by atoms with Crippen molar-refractivity contribution < 1.29 is 13.2 Å². The molecule has 7 nitrogen and oxygen atoms in total. The third-order valence-electron chi connectivity index (χ3n) is 3.30. The third kappa shape index (κ3) is 2.88. The topological polar surface area (TPSA) is 96.6 Å². The quantitative estimate of drug-likeness (QED) is 0.846. The van der Waals surface area contributed by atoms with Crippen molar-refractivity contribution in [3.63, 3.8) is 0 Å². The van der Waals surface area contributed by atoms with E-state index in [1.165, 1.54) is 16.2 Å². The summed E-state index contributed by atoms with van der Waals surface area (Å²) in [7, 11) is 2.23. The van der Waals surface area contributed by atoms with Gasteiger partial charge in [-0.2, -0.15) is 0 Å². The summed E-state index contributed by atoms with van der Waals surface area (Å²) in [4.78, 5) is 20.1. The Kier molecular flexibility index (Phi) is 3.92. The van der Waals surface area contributed by atoms with E-state index in [1.807, 2.05) is 14.1 Å². The highest BCUT2D eigenvalue weighted by atomic mass is 32.2. The van der Waals surface area contributed by atoms with Crippen LogP contribution in [0.4, 0.5) is 10.9 Å². The number of carbonyl (C=O) groups is 1. The summed E-state index contributed by atoms with van der Waals surface area (Å²) in [5.41, 5.74) is 5.78. The second kappa shape index (κ2) is 5.21. The van der Waals surface area contributed by atoms with Crippen LogP contribution < -0.4 is 10.6 Å². The van der Waals surface area contributed by atoms with E-state index in [0.717, 1.165) is 0 Å². The normalized spacial score (nSPS) is 20.9. The molecule has 20 heavy (non-hydrogen) atoms. The minimum Gasteiger partial charge on any atom is -0.382 e. The maximum Gasteiger partial charge on any atom is 0.267 e. The number of rotatable bonds is 3. The number of nitrogens with zero attached hydrogens (tertiary/aromatic N) is 3. The van der Waals surface area contributed by atoms with Gasteiger partial charge in [0.2, 0.25) is 0 Å². The molecule has 0 saturated carbocycles. The van der Waals surface area contributed by atoms with Crippen LogP contribution in [-0.2, 0) is 9.84 Å². The van der Waals surface area contributed by atoms with E-state index in [9.17, 15) is 13.2 Å². The third-order valence-corrected chi connectivity index (χ3v) is 6.27. The Morgan fingerprint density at radius 2 is 2.05 bits per heavy atom. The lowest BCUT2D eigenvalue weighted by molar-refractivity contribution is 0.0753. The van der Waals surface area contributed by atoms with E-state index in [4.69, 9.17) is 5.73 Å². The average Bonchev–Trinajstić information content (AvgIpc) is 2.90. The molecule has 0 bridgehead atoms. The number of hydrogen-bond acceptors (Lipinski definition) is 7. The molecule has 1 atom stereocenters. The predicted octanol–water partition coefficient (Wildman–Crippen LogP) is 0.0504. The minimum absolute atomic E-state index is 0.0223. The molecule has 1 aliphatic heterocycles. The highest BCUT2D eigenvalue weighted by Gasteiger charge is 2.34. The molecule has 1 amide bonds. The Balaban J connectivity index is 2.19. The zero-order valence-corrected chi connectivity index (χ0v) is 13.3. The number of sulfone groups is 1. The Morgan fingerprint density at radius 1 is 1.40 bits per heavy atom. The van der Waals surface area contributed by atoms with Gasteiger partial charge in [0.1, 0.15) is 10.7 Å². The monoisotopic (exact) mass is 318 g/mol. The zero-order valence-electron chi connectivity index (χ0n) is 11.7. The fourth-order valence-corrected chi connectivity index (χ4v) is 4.74. The number of nitrogens with two attached hydrogens (primary N) is 1. The van der Waals surface area contributed by atoms with Gasteiger partial charge in [0.15, 0.2) is 15.0 Å². The van der Waals surface area contributed by atoms with Crippen LogP contribution in [0.15, 0.2) is 0 Å². The van der Waals surface area contributed by atoms with Crippen molar-refractivity contribution in [3.8, 4) is 0 Å². The highest BCUT2D eigenvalue weighted by Crippen LogP contribution is 2.29. The van der Waals surface area contributed by atoms with Crippen LogP contribution in [-0.4, -0.2) is 62.9 Å². The molecular weight excluding hydrogens is 300 g/mol. The molecule has 0 spiro atoms. The summed E-state index contributed by atoms with van der Waals surface area (Å²) in [6, 6.07) is -0.281. The van der Waals surface area contributed by atoms with Crippen molar-refractivity contribution in [3.05, 3.63) is 4.88 Å². The van der Waals surface area contributed by atoms with E-state index in [-0.39, 0.29) is 29.3 Å². The molecule has 1 fully saturated rings. The Bertz CT molecular complexity index is 624. The molecule has 0 aliphatic carbocycles. The van der Waals surface area contributed by atoms with Crippen LogP contribution in [0.3, 0.4) is 0 Å². The van der Waals surface area contributed by atoms with E-state index in [0.29, 0.717) is 16.4 Å². The summed E-state index contributed by atoms with van der Waals surface area (Å²) < 4.78 is 23.0. The van der Waals surface area contributed by atoms with E-state index < -0.39 is 9.84 Å². The van der Waals surface area contributed by atoms with Crippen molar-refractivity contribution in [1.29, 1.82) is 0 Å². The van der Waals surface area contributed by atoms with Gasteiger partial charge in [-0.25, -0.2) is 13.4 Å². The van der Waals surface area contributed by atoms with Gasteiger partial charge in [-0.05, 0) is 6.42 Å². The van der Waals surface area contributed by atoms with Crippen molar-refractivity contribution in [2.24, 2.45) is 0 Å². The van der Waals surface area contributed by atoms with Crippen molar-refractivity contribution in [2.45, 2.75) is 12.5 Å². The Morgan fingerprint density at radius 3 is 2.50 bits per heavy atom. The van der Waals surface area contributed by atoms with E-state index in [2.05, 4.69) is 4.98 Å². The average molecular weight is 318 g/mol. The second-order valence-corrected chi connectivity index (χ2v) is 8.28. The second-order valence-electron chi connectivity index (χ2n) is 5.08. The van der Waals surface area contributed by atoms with E-state index >= 15 is 0 Å². The number of nitrogen functional groups attached to an aromatic ring is 1. The molecule has 1 unspecified atom stereocenters. The van der Waals surface area contributed by atoms with Crippen LogP contribution in [0.5, 0.6) is 0 Å². The molecule has 0 radical (unpaired) electrons. The van der Waals surface area contributed by atoms with Crippen LogP contribution in [0, 0.1) is 0 Å². The largest absolute Gasteiger partial charge is 0.382 e. The fraction of sp³-hybridized carbons (Fsp3) is 0.636. The Labute approximate surface area is 122 Å². The number of thiazole rings is 1. The van der Waals surface area contributed by atoms with Crippen LogP contribution >= 0.6 is 11.3 Å². The molecule has 1 aliphatic rings. The number of aromatic nitrogens is 1. The molecular formula is C11H18N4O3S2. The lowest BCUT2D eigenvalue weighted by Gasteiger charge is -2.22. The first-order chi connectivity index (χ1) is 9.21. The van der Waals surface area contributed by atoms with Crippen LogP contribution in [0.1, 0.15) is 16.1 Å². The van der Waals surface area contributed by atoms with Gasteiger partial charge in [0, 0.05) is 27.2 Å². The predicted molar refractivity (Wildman–Crippen MR) is 80.0 cm³/mol.